The van der Waals surface area contributed by atoms with E-state index in [1.54, 1.807) is 31.4 Å². The number of hydrogen-bond donors (Lipinski definition) is 0. The van der Waals surface area contributed by atoms with Gasteiger partial charge in [-0.2, -0.15) is 4.98 Å². The predicted octanol–water partition coefficient (Wildman–Crippen LogP) is 1.70. The number of hydrogen-bond acceptors (Lipinski definition) is 7. The van der Waals surface area contributed by atoms with E-state index in [0.29, 0.717) is 17.9 Å². The lowest BCUT2D eigenvalue weighted by molar-refractivity contribution is 0.163. The lowest BCUT2D eigenvalue weighted by Gasteiger charge is -2.01. The summed E-state index contributed by atoms with van der Waals surface area (Å²) >= 11 is 0. The van der Waals surface area contributed by atoms with Gasteiger partial charge in [0.15, 0.2) is 15.7 Å². The van der Waals surface area contributed by atoms with E-state index in [9.17, 15) is 8.42 Å². The minimum atomic E-state index is -3.32. The van der Waals surface area contributed by atoms with Crippen LogP contribution in [0.2, 0.25) is 0 Å². The second-order valence-electron chi connectivity index (χ2n) is 4.53. The Morgan fingerprint density at radius 2 is 1.95 bits per heavy atom. The summed E-state index contributed by atoms with van der Waals surface area (Å²) < 4.78 is 39.0. The van der Waals surface area contributed by atoms with Gasteiger partial charge >= 0.3 is 0 Å². The van der Waals surface area contributed by atoms with Gasteiger partial charge in [0.25, 0.3) is 5.89 Å². The van der Waals surface area contributed by atoms with Gasteiger partial charge in [-0.15, -0.1) is 0 Å². The van der Waals surface area contributed by atoms with Gasteiger partial charge in [-0.25, -0.2) is 8.42 Å². The zero-order chi connectivity index (χ0) is 16.0. The molecule has 1 aromatic carbocycles. The van der Waals surface area contributed by atoms with Gasteiger partial charge in [-0.05, 0) is 31.2 Å². The third-order valence-corrected chi connectivity index (χ3v) is 4.38. The molecule has 0 aliphatic rings. The molecule has 120 valence electrons. The van der Waals surface area contributed by atoms with Crippen molar-refractivity contribution in [3.8, 4) is 17.2 Å². The van der Waals surface area contributed by atoms with Crippen LogP contribution in [0.15, 0.2) is 28.8 Å². The van der Waals surface area contributed by atoms with Crippen LogP contribution in [0.25, 0.3) is 11.5 Å². The summed E-state index contributed by atoms with van der Waals surface area (Å²) in [7, 11) is -1.74. The molecule has 2 rings (SSSR count). The van der Waals surface area contributed by atoms with Crippen molar-refractivity contribution < 1.29 is 22.4 Å². The molecule has 0 N–H and O–H groups in total. The Balaban J connectivity index is 2.04. The fourth-order valence-electron chi connectivity index (χ4n) is 1.76. The minimum Gasteiger partial charge on any atom is -0.497 e. The highest BCUT2D eigenvalue weighted by atomic mass is 32.2. The summed E-state index contributed by atoms with van der Waals surface area (Å²) in [6.07, 6.45) is 0. The molecule has 0 saturated carbocycles. The molecule has 7 nitrogen and oxygen atoms in total. The number of benzene rings is 1. The molecule has 0 aliphatic carbocycles. The first-order valence-corrected chi connectivity index (χ1v) is 8.61. The molecule has 0 aliphatic heterocycles. The summed E-state index contributed by atoms with van der Waals surface area (Å²) in [6, 6.07) is 7.05. The third-order valence-electron chi connectivity index (χ3n) is 2.90. The summed E-state index contributed by atoms with van der Waals surface area (Å²) in [5.41, 5.74) is 0.700. The number of methoxy groups -OCH3 is 1. The lowest BCUT2D eigenvalue weighted by Crippen LogP contribution is -2.15. The molecule has 0 radical (unpaired) electrons. The zero-order valence-electron chi connectivity index (χ0n) is 12.5. The number of aromatic nitrogens is 2. The first-order valence-electron chi connectivity index (χ1n) is 6.79. The average Bonchev–Trinajstić information content (AvgIpc) is 2.95. The fraction of sp³-hybridized carbons (Fsp3) is 0.429. The summed E-state index contributed by atoms with van der Waals surface area (Å²) in [6.45, 7) is 2.47. The molecule has 0 atom stereocenters. The van der Waals surface area contributed by atoms with E-state index in [1.807, 2.05) is 6.92 Å². The summed E-state index contributed by atoms with van der Waals surface area (Å²) in [5, 5.41) is 3.71. The molecule has 1 heterocycles. The van der Waals surface area contributed by atoms with E-state index in [1.165, 1.54) is 0 Å². The van der Waals surface area contributed by atoms with Crippen LogP contribution in [-0.2, 0) is 20.3 Å². The molecular weight excluding hydrogens is 308 g/mol. The Bertz CT molecular complexity index is 694. The van der Waals surface area contributed by atoms with E-state index < -0.39 is 9.84 Å². The fourth-order valence-corrected chi connectivity index (χ4v) is 2.79. The van der Waals surface area contributed by atoms with Crippen molar-refractivity contribution >= 4 is 9.84 Å². The molecule has 0 spiro atoms. The van der Waals surface area contributed by atoms with Crippen LogP contribution in [0, 0.1) is 0 Å². The van der Waals surface area contributed by atoms with Gasteiger partial charge in [0.2, 0.25) is 0 Å². The SMILES string of the molecule is CCOCCS(=O)(=O)Cc1noc(-c2ccc(OC)cc2)n1. The van der Waals surface area contributed by atoms with E-state index in [0.717, 1.165) is 0 Å². The van der Waals surface area contributed by atoms with Crippen LogP contribution in [0.4, 0.5) is 0 Å². The highest BCUT2D eigenvalue weighted by Gasteiger charge is 2.17. The van der Waals surface area contributed by atoms with Crippen LogP contribution >= 0.6 is 0 Å². The van der Waals surface area contributed by atoms with Crippen LogP contribution in [-0.4, -0.2) is 44.6 Å². The van der Waals surface area contributed by atoms with E-state index in [-0.39, 0.29) is 29.8 Å². The largest absolute Gasteiger partial charge is 0.497 e. The molecule has 22 heavy (non-hydrogen) atoms. The van der Waals surface area contributed by atoms with Gasteiger partial charge in [0.1, 0.15) is 11.5 Å². The van der Waals surface area contributed by atoms with Gasteiger partial charge < -0.3 is 14.0 Å². The molecular formula is C14H18N2O5S. The minimum absolute atomic E-state index is 0.0623. The maximum atomic E-state index is 11.9. The topological polar surface area (TPSA) is 91.5 Å². The quantitative estimate of drug-likeness (QED) is 0.682. The van der Waals surface area contributed by atoms with Crippen molar-refractivity contribution in [3.05, 3.63) is 30.1 Å². The number of rotatable bonds is 8. The van der Waals surface area contributed by atoms with Crippen molar-refractivity contribution in [2.75, 3.05) is 26.1 Å². The van der Waals surface area contributed by atoms with Gasteiger partial charge in [0, 0.05) is 12.2 Å². The first-order chi connectivity index (χ1) is 10.5. The zero-order valence-corrected chi connectivity index (χ0v) is 13.3. The van der Waals surface area contributed by atoms with E-state index in [4.69, 9.17) is 14.0 Å². The van der Waals surface area contributed by atoms with E-state index >= 15 is 0 Å². The van der Waals surface area contributed by atoms with Gasteiger partial charge in [-0.1, -0.05) is 5.16 Å². The van der Waals surface area contributed by atoms with Crippen LogP contribution in [0.3, 0.4) is 0 Å². The highest BCUT2D eigenvalue weighted by molar-refractivity contribution is 7.90. The normalized spacial score (nSPS) is 11.5. The van der Waals surface area contributed by atoms with Crippen molar-refractivity contribution in [2.45, 2.75) is 12.7 Å². The smallest absolute Gasteiger partial charge is 0.257 e. The Morgan fingerprint density at radius 1 is 1.23 bits per heavy atom. The molecule has 1 aromatic heterocycles. The number of nitrogens with zero attached hydrogens (tertiary/aromatic N) is 2. The van der Waals surface area contributed by atoms with Crippen molar-refractivity contribution in [1.29, 1.82) is 0 Å². The Morgan fingerprint density at radius 3 is 2.59 bits per heavy atom. The number of sulfone groups is 1. The Kier molecular flexibility index (Phi) is 5.51. The van der Waals surface area contributed by atoms with Gasteiger partial charge in [-0.3, -0.25) is 0 Å². The maximum Gasteiger partial charge on any atom is 0.257 e. The molecule has 0 amide bonds. The van der Waals surface area contributed by atoms with Crippen molar-refractivity contribution in [1.82, 2.24) is 10.1 Å². The molecule has 8 heteroatoms. The van der Waals surface area contributed by atoms with Crippen LogP contribution < -0.4 is 4.74 Å². The maximum absolute atomic E-state index is 11.9. The molecule has 0 saturated heterocycles. The second-order valence-corrected chi connectivity index (χ2v) is 6.72. The monoisotopic (exact) mass is 326 g/mol. The Labute approximate surface area is 129 Å². The molecule has 0 fully saturated rings. The van der Waals surface area contributed by atoms with E-state index in [2.05, 4.69) is 10.1 Å². The predicted molar refractivity (Wildman–Crippen MR) is 80.3 cm³/mol. The third kappa shape index (κ3) is 4.54. The summed E-state index contributed by atoms with van der Waals surface area (Å²) in [4.78, 5) is 4.11. The summed E-state index contributed by atoms with van der Waals surface area (Å²) in [5.74, 6) is 0.800. The lowest BCUT2D eigenvalue weighted by atomic mass is 10.2. The van der Waals surface area contributed by atoms with Crippen LogP contribution in [0.5, 0.6) is 5.75 Å². The molecule has 0 bridgehead atoms. The highest BCUT2D eigenvalue weighted by Crippen LogP contribution is 2.21. The van der Waals surface area contributed by atoms with Gasteiger partial charge in [0.05, 0.1) is 19.5 Å². The molecule has 0 unspecified atom stereocenters. The first kappa shape index (κ1) is 16.4. The standard InChI is InChI=1S/C14H18N2O5S/c1-3-20-8-9-22(17,18)10-13-15-14(21-16-13)11-4-6-12(19-2)7-5-11/h4-7H,3,8-10H2,1-2H3. The number of ether oxygens (including phenoxy) is 2. The van der Waals surface area contributed by atoms with Crippen LogP contribution in [0.1, 0.15) is 12.7 Å². The second kappa shape index (κ2) is 7.37. The average molecular weight is 326 g/mol. The Hall–Kier alpha value is -1.93. The van der Waals surface area contributed by atoms with Crippen molar-refractivity contribution in [3.63, 3.8) is 0 Å². The van der Waals surface area contributed by atoms with Crippen molar-refractivity contribution in [2.24, 2.45) is 0 Å². The molecule has 2 aromatic rings.